The highest BCUT2D eigenvalue weighted by molar-refractivity contribution is 5.89. The minimum absolute atomic E-state index is 0.328. The normalized spacial score (nSPS) is 12.2. The molecular weight excluding hydrogens is 341 g/mol. The zero-order chi connectivity index (χ0) is 18.4. The lowest BCUT2D eigenvalue weighted by Crippen LogP contribution is -2.04. The summed E-state index contributed by atoms with van der Waals surface area (Å²) in [4.78, 5) is 13.8. The van der Waals surface area contributed by atoms with Gasteiger partial charge in [0.25, 0.3) is 0 Å². The lowest BCUT2D eigenvalue weighted by atomic mass is 10.1. The number of para-hydroxylation sites is 1. The molecule has 2 aromatic carbocycles. The van der Waals surface area contributed by atoms with E-state index in [9.17, 15) is 4.39 Å². The van der Waals surface area contributed by atoms with Crippen molar-refractivity contribution in [3.8, 4) is 11.4 Å². The first-order chi connectivity index (χ1) is 13.2. The zero-order valence-electron chi connectivity index (χ0n) is 14.9. The van der Waals surface area contributed by atoms with Crippen LogP contribution in [0.15, 0.2) is 48.7 Å². The van der Waals surface area contributed by atoms with Crippen molar-refractivity contribution in [2.45, 2.75) is 19.4 Å². The van der Waals surface area contributed by atoms with Crippen LogP contribution >= 0.6 is 0 Å². The topological polar surface area (TPSA) is 55.6 Å². The molecule has 0 unspecified atom stereocenters. The fourth-order valence-electron chi connectivity index (χ4n) is 3.69. The van der Waals surface area contributed by atoms with Gasteiger partial charge in [0.1, 0.15) is 28.8 Å². The zero-order valence-corrected chi connectivity index (χ0v) is 14.9. The first-order valence-corrected chi connectivity index (χ1v) is 9.00. The van der Waals surface area contributed by atoms with E-state index in [4.69, 9.17) is 4.98 Å². The molecule has 1 N–H and O–H groups in total. The average molecular weight is 359 g/mol. The van der Waals surface area contributed by atoms with E-state index in [1.807, 2.05) is 12.1 Å². The standard InChI is InChI=1S/C21H18FN5/c1-23-20-16-7-4-8-17(22)19(16)25-18(26-20)10-9-14-12-27-11-13-5-2-3-6-15(13)21(27)24-14/h2-8,12H,9-11H2,1H3,(H,23,25,26). The Morgan fingerprint density at radius 1 is 1.04 bits per heavy atom. The number of fused-ring (bicyclic) bond motifs is 4. The summed E-state index contributed by atoms with van der Waals surface area (Å²) in [6.07, 6.45) is 3.41. The minimum atomic E-state index is -0.328. The first kappa shape index (κ1) is 15.9. The van der Waals surface area contributed by atoms with Gasteiger partial charge in [0, 0.05) is 37.2 Å². The second kappa shape index (κ2) is 6.16. The predicted molar refractivity (Wildman–Crippen MR) is 103 cm³/mol. The number of aromatic nitrogens is 4. The Hall–Kier alpha value is -3.28. The lowest BCUT2D eigenvalue weighted by molar-refractivity contribution is 0.635. The summed E-state index contributed by atoms with van der Waals surface area (Å²) >= 11 is 0. The van der Waals surface area contributed by atoms with Gasteiger partial charge in [0.15, 0.2) is 0 Å². The maximum absolute atomic E-state index is 14.2. The van der Waals surface area contributed by atoms with Gasteiger partial charge in [0.2, 0.25) is 0 Å². The molecule has 1 aliphatic heterocycles. The smallest absolute Gasteiger partial charge is 0.149 e. The van der Waals surface area contributed by atoms with E-state index in [1.165, 1.54) is 17.2 Å². The van der Waals surface area contributed by atoms with Crippen LogP contribution in [0.4, 0.5) is 10.2 Å². The van der Waals surface area contributed by atoms with Gasteiger partial charge in [-0.2, -0.15) is 0 Å². The van der Waals surface area contributed by atoms with E-state index < -0.39 is 0 Å². The Balaban J connectivity index is 1.42. The number of nitrogens with one attached hydrogen (secondary N) is 1. The SMILES string of the molecule is CNc1nc(CCc2cn3c(n2)-c2ccccc2C3)nc2c(F)cccc12. The van der Waals surface area contributed by atoms with Gasteiger partial charge >= 0.3 is 0 Å². The van der Waals surface area contributed by atoms with Crippen LogP contribution in [0.3, 0.4) is 0 Å². The summed E-state index contributed by atoms with van der Waals surface area (Å²) in [7, 11) is 1.79. The van der Waals surface area contributed by atoms with Crippen LogP contribution in [-0.4, -0.2) is 26.6 Å². The summed E-state index contributed by atoms with van der Waals surface area (Å²) < 4.78 is 16.3. The second-order valence-electron chi connectivity index (χ2n) is 6.72. The molecule has 0 saturated carbocycles. The monoisotopic (exact) mass is 359 g/mol. The number of hydrogen-bond acceptors (Lipinski definition) is 4. The fraction of sp³-hybridized carbons (Fsp3) is 0.190. The molecule has 5 nitrogen and oxygen atoms in total. The van der Waals surface area contributed by atoms with Crippen molar-refractivity contribution in [2.24, 2.45) is 0 Å². The molecule has 4 aromatic rings. The quantitative estimate of drug-likeness (QED) is 0.530. The molecule has 0 spiro atoms. The highest BCUT2D eigenvalue weighted by Gasteiger charge is 2.20. The number of rotatable bonds is 4. The van der Waals surface area contributed by atoms with E-state index in [2.05, 4.69) is 44.2 Å². The Labute approximate surface area is 155 Å². The number of imidazole rings is 1. The van der Waals surface area contributed by atoms with E-state index in [-0.39, 0.29) is 5.82 Å². The molecule has 134 valence electrons. The molecule has 6 heteroatoms. The van der Waals surface area contributed by atoms with E-state index in [0.717, 1.165) is 18.1 Å². The van der Waals surface area contributed by atoms with Gasteiger partial charge in [-0.05, 0) is 24.1 Å². The maximum atomic E-state index is 14.2. The summed E-state index contributed by atoms with van der Waals surface area (Å²) in [5.41, 5.74) is 3.86. The van der Waals surface area contributed by atoms with E-state index in [0.29, 0.717) is 35.4 Å². The number of hydrogen-bond donors (Lipinski definition) is 1. The van der Waals surface area contributed by atoms with E-state index in [1.54, 1.807) is 13.1 Å². The van der Waals surface area contributed by atoms with Gasteiger partial charge in [-0.15, -0.1) is 0 Å². The van der Waals surface area contributed by atoms with Crippen molar-refractivity contribution < 1.29 is 4.39 Å². The summed E-state index contributed by atoms with van der Waals surface area (Å²) in [5, 5.41) is 3.73. The minimum Gasteiger partial charge on any atom is -0.373 e. The molecule has 0 bridgehead atoms. The molecule has 0 atom stereocenters. The van der Waals surface area contributed by atoms with Crippen LogP contribution in [0.25, 0.3) is 22.3 Å². The summed E-state index contributed by atoms with van der Waals surface area (Å²) in [5.74, 6) is 1.95. The Kier molecular flexibility index (Phi) is 3.63. The number of halogens is 1. The largest absolute Gasteiger partial charge is 0.373 e. The van der Waals surface area contributed by atoms with Crippen molar-refractivity contribution in [1.29, 1.82) is 0 Å². The number of aryl methyl sites for hydroxylation is 2. The van der Waals surface area contributed by atoms with Crippen LogP contribution in [0.5, 0.6) is 0 Å². The van der Waals surface area contributed by atoms with Gasteiger partial charge in [-0.3, -0.25) is 0 Å². The molecule has 0 saturated heterocycles. The third-order valence-electron chi connectivity index (χ3n) is 4.99. The van der Waals surface area contributed by atoms with Gasteiger partial charge in [-0.25, -0.2) is 19.3 Å². The molecule has 0 amide bonds. The van der Waals surface area contributed by atoms with Crippen molar-refractivity contribution in [3.63, 3.8) is 0 Å². The fourth-order valence-corrected chi connectivity index (χ4v) is 3.69. The second-order valence-corrected chi connectivity index (χ2v) is 6.72. The number of nitrogens with zero attached hydrogens (tertiary/aromatic N) is 4. The van der Waals surface area contributed by atoms with Crippen molar-refractivity contribution in [2.75, 3.05) is 12.4 Å². The molecule has 0 aliphatic carbocycles. The molecular formula is C21H18FN5. The maximum Gasteiger partial charge on any atom is 0.149 e. The van der Waals surface area contributed by atoms with Crippen molar-refractivity contribution in [3.05, 3.63) is 71.6 Å². The Morgan fingerprint density at radius 3 is 2.81 bits per heavy atom. The molecule has 1 aliphatic rings. The first-order valence-electron chi connectivity index (χ1n) is 9.00. The highest BCUT2D eigenvalue weighted by atomic mass is 19.1. The molecule has 5 rings (SSSR count). The third-order valence-corrected chi connectivity index (χ3v) is 4.99. The van der Waals surface area contributed by atoms with Crippen LogP contribution in [0.1, 0.15) is 17.1 Å². The molecule has 27 heavy (non-hydrogen) atoms. The van der Waals surface area contributed by atoms with Gasteiger partial charge < -0.3 is 9.88 Å². The molecule has 2 aromatic heterocycles. The number of anilines is 1. The Morgan fingerprint density at radius 2 is 1.93 bits per heavy atom. The van der Waals surface area contributed by atoms with Crippen LogP contribution in [0, 0.1) is 5.82 Å². The third kappa shape index (κ3) is 2.65. The van der Waals surface area contributed by atoms with Gasteiger partial charge in [-0.1, -0.05) is 30.3 Å². The predicted octanol–water partition coefficient (Wildman–Crippen LogP) is 3.82. The van der Waals surface area contributed by atoms with Crippen LogP contribution < -0.4 is 5.32 Å². The van der Waals surface area contributed by atoms with Crippen LogP contribution in [-0.2, 0) is 19.4 Å². The van der Waals surface area contributed by atoms with Crippen molar-refractivity contribution >= 4 is 16.7 Å². The Bertz CT molecular complexity index is 1160. The molecule has 0 radical (unpaired) electrons. The molecule has 3 heterocycles. The number of benzene rings is 2. The van der Waals surface area contributed by atoms with Crippen molar-refractivity contribution in [1.82, 2.24) is 19.5 Å². The van der Waals surface area contributed by atoms with E-state index >= 15 is 0 Å². The summed E-state index contributed by atoms with van der Waals surface area (Å²) in [6, 6.07) is 13.3. The molecule has 0 fully saturated rings. The average Bonchev–Trinajstić information content (AvgIpc) is 3.24. The van der Waals surface area contributed by atoms with Crippen LogP contribution in [0.2, 0.25) is 0 Å². The summed E-state index contributed by atoms with van der Waals surface area (Å²) in [6.45, 7) is 0.861. The van der Waals surface area contributed by atoms with Gasteiger partial charge in [0.05, 0.1) is 5.69 Å². The lowest BCUT2D eigenvalue weighted by Gasteiger charge is -2.08. The highest BCUT2D eigenvalue weighted by Crippen LogP contribution is 2.31.